The Morgan fingerprint density at radius 3 is 2.67 bits per heavy atom. The fraction of sp³-hybridized carbons (Fsp3) is 0.0625. The van der Waals surface area contributed by atoms with Gasteiger partial charge in [0.2, 0.25) is 11.7 Å². The van der Waals surface area contributed by atoms with Crippen molar-refractivity contribution >= 4 is 17.3 Å². The molecule has 0 saturated heterocycles. The van der Waals surface area contributed by atoms with Crippen LogP contribution in [0.3, 0.4) is 0 Å². The first-order valence-corrected chi connectivity index (χ1v) is 7.16. The third-order valence-electron chi connectivity index (χ3n) is 3.21. The van der Waals surface area contributed by atoms with Crippen molar-refractivity contribution < 1.29 is 13.3 Å². The van der Waals surface area contributed by atoms with Gasteiger partial charge < -0.3 is 4.52 Å². The average Bonchev–Trinajstić information content (AvgIpc) is 3.04. The van der Waals surface area contributed by atoms with Gasteiger partial charge in [-0.25, -0.2) is 8.78 Å². The molecule has 0 aliphatic rings. The Morgan fingerprint density at radius 1 is 1.17 bits per heavy atom. The zero-order chi connectivity index (χ0) is 17.1. The van der Waals surface area contributed by atoms with Gasteiger partial charge in [0.05, 0.1) is 16.3 Å². The Hall–Kier alpha value is -2.98. The molecule has 0 atom stereocenters. The van der Waals surface area contributed by atoms with Gasteiger partial charge in [-0.1, -0.05) is 28.9 Å². The summed E-state index contributed by atoms with van der Waals surface area (Å²) in [5.74, 6) is -0.876. The van der Waals surface area contributed by atoms with Gasteiger partial charge >= 0.3 is 0 Å². The summed E-state index contributed by atoms with van der Waals surface area (Å²) in [5.41, 5.74) is 0.565. The lowest BCUT2D eigenvalue weighted by Crippen LogP contribution is -2.16. The smallest absolute Gasteiger partial charge is 0.247 e. The van der Waals surface area contributed by atoms with Crippen molar-refractivity contribution in [3.63, 3.8) is 0 Å². The van der Waals surface area contributed by atoms with Gasteiger partial charge in [-0.3, -0.25) is 4.90 Å². The van der Waals surface area contributed by atoms with Crippen LogP contribution in [0, 0.1) is 23.1 Å². The lowest BCUT2D eigenvalue weighted by atomic mass is 10.2. The van der Waals surface area contributed by atoms with E-state index in [9.17, 15) is 14.0 Å². The van der Waals surface area contributed by atoms with Gasteiger partial charge in [0, 0.05) is 0 Å². The van der Waals surface area contributed by atoms with Crippen LogP contribution in [0.5, 0.6) is 0 Å². The zero-order valence-electron chi connectivity index (χ0n) is 12.1. The third kappa shape index (κ3) is 3.19. The molecule has 1 heterocycles. The predicted molar refractivity (Wildman–Crippen MR) is 82.9 cm³/mol. The Morgan fingerprint density at radius 2 is 1.96 bits per heavy atom. The Balaban J connectivity index is 1.84. The molecule has 0 N–H and O–H groups in total. The van der Waals surface area contributed by atoms with E-state index in [0.29, 0.717) is 5.69 Å². The van der Waals surface area contributed by atoms with Crippen molar-refractivity contribution in [2.45, 2.75) is 6.54 Å². The number of benzene rings is 2. The molecule has 3 rings (SSSR count). The summed E-state index contributed by atoms with van der Waals surface area (Å²) < 4.78 is 32.0. The number of nitrogens with zero attached hydrogens (tertiary/aromatic N) is 4. The number of nitriles is 1. The van der Waals surface area contributed by atoms with Crippen LogP contribution in [-0.2, 0) is 6.54 Å². The van der Waals surface area contributed by atoms with Crippen molar-refractivity contribution in [3.8, 4) is 17.6 Å². The normalized spacial score (nSPS) is 10.4. The van der Waals surface area contributed by atoms with E-state index in [1.807, 2.05) is 6.19 Å². The second-order valence-corrected chi connectivity index (χ2v) is 5.18. The van der Waals surface area contributed by atoms with E-state index in [1.54, 1.807) is 12.1 Å². The van der Waals surface area contributed by atoms with Gasteiger partial charge in [0.25, 0.3) is 0 Å². The molecule has 24 heavy (non-hydrogen) atoms. The van der Waals surface area contributed by atoms with Crippen LogP contribution in [0.15, 0.2) is 47.0 Å². The maximum absolute atomic E-state index is 13.7. The topological polar surface area (TPSA) is 66.0 Å². The van der Waals surface area contributed by atoms with Crippen molar-refractivity contribution in [1.29, 1.82) is 5.26 Å². The van der Waals surface area contributed by atoms with E-state index in [4.69, 9.17) is 16.1 Å². The number of anilines is 1. The number of aromatic nitrogens is 2. The van der Waals surface area contributed by atoms with Gasteiger partial charge in [0.1, 0.15) is 18.2 Å². The molecule has 3 aromatic rings. The monoisotopic (exact) mass is 346 g/mol. The van der Waals surface area contributed by atoms with Gasteiger partial charge in [0.15, 0.2) is 6.19 Å². The molecule has 0 unspecified atom stereocenters. The predicted octanol–water partition coefficient (Wildman–Crippen LogP) is 4.16. The van der Waals surface area contributed by atoms with E-state index in [0.717, 1.165) is 6.07 Å². The lowest BCUT2D eigenvalue weighted by Gasteiger charge is -2.13. The van der Waals surface area contributed by atoms with Crippen molar-refractivity contribution in [2.75, 3.05) is 4.90 Å². The van der Waals surface area contributed by atoms with E-state index in [2.05, 4.69) is 10.1 Å². The summed E-state index contributed by atoms with van der Waals surface area (Å²) in [6.07, 6.45) is 1.92. The summed E-state index contributed by atoms with van der Waals surface area (Å²) in [4.78, 5) is 5.28. The molecule has 1 aromatic heterocycles. The first-order chi connectivity index (χ1) is 11.6. The number of halogens is 3. The summed E-state index contributed by atoms with van der Waals surface area (Å²) in [5, 5.41) is 12.9. The van der Waals surface area contributed by atoms with Crippen LogP contribution in [0.4, 0.5) is 14.5 Å². The summed E-state index contributed by atoms with van der Waals surface area (Å²) in [6.45, 7) is -0.0556. The third-order valence-corrected chi connectivity index (χ3v) is 3.50. The maximum atomic E-state index is 13.7. The molecule has 0 saturated carbocycles. The van der Waals surface area contributed by atoms with E-state index < -0.39 is 11.6 Å². The van der Waals surface area contributed by atoms with Gasteiger partial charge in [-0.15, -0.1) is 0 Å². The molecule has 0 amide bonds. The highest BCUT2D eigenvalue weighted by atomic mass is 35.5. The molecule has 0 spiro atoms. The summed E-state index contributed by atoms with van der Waals surface area (Å²) in [6, 6.07) is 9.87. The maximum Gasteiger partial charge on any atom is 0.247 e. The highest BCUT2D eigenvalue weighted by Crippen LogP contribution is 2.24. The summed E-state index contributed by atoms with van der Waals surface area (Å²) >= 11 is 5.72. The zero-order valence-corrected chi connectivity index (χ0v) is 12.8. The highest BCUT2D eigenvalue weighted by Gasteiger charge is 2.16. The Kier molecular flexibility index (Phi) is 4.40. The van der Waals surface area contributed by atoms with Gasteiger partial charge in [-0.2, -0.15) is 10.2 Å². The molecule has 5 nitrogen and oxygen atoms in total. The van der Waals surface area contributed by atoms with Gasteiger partial charge in [-0.05, 0) is 30.3 Å². The molecule has 2 aromatic carbocycles. The average molecular weight is 347 g/mol. The number of hydrogen-bond acceptors (Lipinski definition) is 5. The molecule has 0 aliphatic carbocycles. The standard InChI is InChI=1S/C16H9ClF2N4O/c17-12-7-10(5-6-14(12)19)23(9-20)8-15-21-16(22-24-15)11-3-1-2-4-13(11)18/h1-7H,8H2. The second kappa shape index (κ2) is 6.64. The van der Waals surface area contributed by atoms with Crippen LogP contribution in [0.25, 0.3) is 11.4 Å². The summed E-state index contributed by atoms with van der Waals surface area (Å²) in [7, 11) is 0. The van der Waals surface area contributed by atoms with Crippen LogP contribution in [0.2, 0.25) is 5.02 Å². The van der Waals surface area contributed by atoms with Crippen LogP contribution < -0.4 is 4.90 Å². The molecule has 0 aliphatic heterocycles. The first-order valence-electron chi connectivity index (χ1n) is 6.78. The second-order valence-electron chi connectivity index (χ2n) is 4.78. The van der Waals surface area contributed by atoms with E-state index >= 15 is 0 Å². The fourth-order valence-electron chi connectivity index (χ4n) is 2.04. The van der Waals surface area contributed by atoms with Crippen LogP contribution >= 0.6 is 11.6 Å². The van der Waals surface area contributed by atoms with Crippen LogP contribution in [0.1, 0.15) is 5.89 Å². The minimum atomic E-state index is -0.585. The molecule has 0 radical (unpaired) electrons. The molecule has 0 fully saturated rings. The first kappa shape index (κ1) is 15.9. The fourth-order valence-corrected chi connectivity index (χ4v) is 2.22. The minimum Gasteiger partial charge on any atom is -0.337 e. The van der Waals surface area contributed by atoms with E-state index in [-0.39, 0.29) is 28.8 Å². The molecular formula is C16H9ClF2N4O. The van der Waals surface area contributed by atoms with Crippen molar-refractivity contribution in [1.82, 2.24) is 10.1 Å². The lowest BCUT2D eigenvalue weighted by molar-refractivity contribution is 0.380. The molecular weight excluding hydrogens is 338 g/mol. The largest absolute Gasteiger partial charge is 0.337 e. The molecule has 8 heteroatoms. The molecule has 120 valence electrons. The number of rotatable bonds is 4. The minimum absolute atomic E-state index is 0.0556. The molecule has 0 bridgehead atoms. The Labute approximate surface area is 140 Å². The number of hydrogen-bond donors (Lipinski definition) is 0. The van der Waals surface area contributed by atoms with Crippen molar-refractivity contribution in [3.05, 3.63) is 65.0 Å². The van der Waals surface area contributed by atoms with Crippen LogP contribution in [-0.4, -0.2) is 10.1 Å². The van der Waals surface area contributed by atoms with Crippen molar-refractivity contribution in [2.24, 2.45) is 0 Å². The SMILES string of the molecule is N#CN(Cc1nc(-c2ccccc2F)no1)c1ccc(F)c(Cl)c1. The highest BCUT2D eigenvalue weighted by molar-refractivity contribution is 6.31. The Bertz CT molecular complexity index is 922. The quantitative estimate of drug-likeness (QED) is 0.524. The van der Waals surface area contributed by atoms with E-state index in [1.165, 1.54) is 29.2 Å².